The third-order valence-electron chi connectivity index (χ3n) is 3.93. The number of hydrogen-bond acceptors (Lipinski definition) is 2. The van der Waals surface area contributed by atoms with E-state index in [1.807, 2.05) is 24.3 Å². The van der Waals surface area contributed by atoms with E-state index in [1.165, 1.54) is 0 Å². The quantitative estimate of drug-likeness (QED) is 0.891. The number of hydrogen-bond donors (Lipinski definition) is 1. The van der Waals surface area contributed by atoms with Crippen molar-refractivity contribution in [3.8, 4) is 0 Å². The van der Waals surface area contributed by atoms with Crippen molar-refractivity contribution in [3.63, 3.8) is 0 Å². The van der Waals surface area contributed by atoms with Gasteiger partial charge in [0.05, 0.1) is 0 Å². The Kier molecular flexibility index (Phi) is 4.02. The Balaban J connectivity index is 2.18. The third-order valence-corrected chi connectivity index (χ3v) is 3.93. The standard InChI is InChI=1S/C15H22N2O/c1-3-14-9-4-11(2)17(14)15(18)13-7-5-12(10-16)6-8-13/h5-8,11,14H,3-4,9-10,16H2,1-2H3. The molecule has 1 heterocycles. The molecule has 1 aliphatic rings. The van der Waals surface area contributed by atoms with Crippen LogP contribution in [0.25, 0.3) is 0 Å². The maximum Gasteiger partial charge on any atom is 0.254 e. The van der Waals surface area contributed by atoms with E-state index in [0.717, 1.165) is 30.4 Å². The van der Waals surface area contributed by atoms with Crippen molar-refractivity contribution in [2.75, 3.05) is 0 Å². The first-order chi connectivity index (χ1) is 8.67. The molecule has 2 atom stereocenters. The Hall–Kier alpha value is -1.35. The van der Waals surface area contributed by atoms with Gasteiger partial charge in [-0.1, -0.05) is 19.1 Å². The number of benzene rings is 1. The second kappa shape index (κ2) is 5.53. The van der Waals surface area contributed by atoms with Gasteiger partial charge in [0, 0.05) is 24.2 Å². The molecular weight excluding hydrogens is 224 g/mol. The number of carbonyl (C=O) groups excluding carboxylic acids is 1. The number of rotatable bonds is 3. The molecule has 98 valence electrons. The molecule has 1 aliphatic heterocycles. The predicted octanol–water partition coefficient (Wildman–Crippen LogP) is 2.55. The van der Waals surface area contributed by atoms with E-state index < -0.39 is 0 Å². The SMILES string of the molecule is CCC1CCC(C)N1C(=O)c1ccc(CN)cc1. The number of nitrogens with zero attached hydrogens (tertiary/aromatic N) is 1. The summed E-state index contributed by atoms with van der Waals surface area (Å²) < 4.78 is 0. The van der Waals surface area contributed by atoms with E-state index in [9.17, 15) is 4.79 Å². The summed E-state index contributed by atoms with van der Waals surface area (Å²) in [6.07, 6.45) is 3.28. The molecule has 2 unspecified atom stereocenters. The minimum Gasteiger partial charge on any atom is -0.333 e. The summed E-state index contributed by atoms with van der Waals surface area (Å²) in [5.74, 6) is 0.162. The van der Waals surface area contributed by atoms with Gasteiger partial charge in [-0.3, -0.25) is 4.79 Å². The third kappa shape index (κ3) is 2.41. The van der Waals surface area contributed by atoms with Gasteiger partial charge in [0.2, 0.25) is 0 Å². The molecule has 1 amide bonds. The Bertz CT molecular complexity index is 413. The Morgan fingerprint density at radius 2 is 2.00 bits per heavy atom. The van der Waals surface area contributed by atoms with Crippen LogP contribution in [-0.4, -0.2) is 22.9 Å². The average Bonchev–Trinajstić information content (AvgIpc) is 2.79. The largest absolute Gasteiger partial charge is 0.333 e. The molecule has 18 heavy (non-hydrogen) atoms. The summed E-state index contributed by atoms with van der Waals surface area (Å²) in [7, 11) is 0. The molecule has 0 spiro atoms. The molecule has 1 aromatic carbocycles. The lowest BCUT2D eigenvalue weighted by Crippen LogP contribution is -2.39. The molecule has 2 N–H and O–H groups in total. The Morgan fingerprint density at radius 1 is 1.33 bits per heavy atom. The molecule has 1 saturated heterocycles. The summed E-state index contributed by atoms with van der Waals surface area (Å²) in [5, 5.41) is 0. The molecule has 3 heteroatoms. The van der Waals surface area contributed by atoms with Crippen molar-refractivity contribution in [1.82, 2.24) is 4.90 Å². The lowest BCUT2D eigenvalue weighted by Gasteiger charge is -2.28. The predicted molar refractivity (Wildman–Crippen MR) is 73.3 cm³/mol. The number of nitrogens with two attached hydrogens (primary N) is 1. The lowest BCUT2D eigenvalue weighted by atomic mass is 10.1. The van der Waals surface area contributed by atoms with Crippen LogP contribution in [0.5, 0.6) is 0 Å². The molecule has 0 aliphatic carbocycles. The Labute approximate surface area is 109 Å². The fraction of sp³-hybridized carbons (Fsp3) is 0.533. The van der Waals surface area contributed by atoms with E-state index in [4.69, 9.17) is 5.73 Å². The normalized spacial score (nSPS) is 23.4. The monoisotopic (exact) mass is 246 g/mol. The topological polar surface area (TPSA) is 46.3 Å². The van der Waals surface area contributed by atoms with Gasteiger partial charge in [-0.15, -0.1) is 0 Å². The lowest BCUT2D eigenvalue weighted by molar-refractivity contribution is 0.0676. The molecule has 1 aromatic rings. The summed E-state index contributed by atoms with van der Waals surface area (Å²) in [4.78, 5) is 14.6. The molecule has 2 rings (SSSR count). The van der Waals surface area contributed by atoms with Crippen molar-refractivity contribution in [2.24, 2.45) is 5.73 Å². The van der Waals surface area contributed by atoms with Crippen LogP contribution < -0.4 is 5.73 Å². The molecule has 0 radical (unpaired) electrons. The van der Waals surface area contributed by atoms with Gasteiger partial charge in [0.15, 0.2) is 0 Å². The highest BCUT2D eigenvalue weighted by Gasteiger charge is 2.33. The highest BCUT2D eigenvalue weighted by Crippen LogP contribution is 2.27. The average molecular weight is 246 g/mol. The molecule has 1 fully saturated rings. The van der Waals surface area contributed by atoms with E-state index in [1.54, 1.807) is 0 Å². The van der Waals surface area contributed by atoms with Crippen molar-refractivity contribution in [2.45, 2.75) is 51.7 Å². The van der Waals surface area contributed by atoms with Crippen LogP contribution in [0, 0.1) is 0 Å². The molecule has 0 aromatic heterocycles. The Morgan fingerprint density at radius 3 is 2.56 bits per heavy atom. The number of carbonyl (C=O) groups is 1. The highest BCUT2D eigenvalue weighted by atomic mass is 16.2. The van der Waals surface area contributed by atoms with Crippen molar-refractivity contribution in [3.05, 3.63) is 35.4 Å². The van der Waals surface area contributed by atoms with Gasteiger partial charge < -0.3 is 10.6 Å². The maximum absolute atomic E-state index is 12.5. The van der Waals surface area contributed by atoms with Crippen LogP contribution >= 0.6 is 0 Å². The number of amides is 1. The van der Waals surface area contributed by atoms with Crippen molar-refractivity contribution < 1.29 is 4.79 Å². The minimum absolute atomic E-state index is 0.162. The zero-order valence-corrected chi connectivity index (χ0v) is 11.2. The second-order valence-electron chi connectivity index (χ2n) is 5.10. The molecular formula is C15H22N2O. The van der Waals surface area contributed by atoms with Crippen LogP contribution in [0.1, 0.15) is 49.0 Å². The van der Waals surface area contributed by atoms with E-state index in [0.29, 0.717) is 18.6 Å². The fourth-order valence-corrected chi connectivity index (χ4v) is 2.77. The van der Waals surface area contributed by atoms with Crippen LogP contribution in [0.2, 0.25) is 0 Å². The summed E-state index contributed by atoms with van der Waals surface area (Å²) in [6, 6.07) is 8.42. The summed E-state index contributed by atoms with van der Waals surface area (Å²) in [5.41, 5.74) is 7.41. The van der Waals surface area contributed by atoms with E-state index in [-0.39, 0.29) is 5.91 Å². The highest BCUT2D eigenvalue weighted by molar-refractivity contribution is 5.94. The van der Waals surface area contributed by atoms with Crippen LogP contribution in [-0.2, 0) is 6.54 Å². The van der Waals surface area contributed by atoms with Crippen LogP contribution in [0.3, 0.4) is 0 Å². The minimum atomic E-state index is 0.162. The van der Waals surface area contributed by atoms with Crippen LogP contribution in [0.15, 0.2) is 24.3 Å². The second-order valence-corrected chi connectivity index (χ2v) is 5.10. The van der Waals surface area contributed by atoms with Crippen molar-refractivity contribution >= 4 is 5.91 Å². The van der Waals surface area contributed by atoms with Crippen molar-refractivity contribution in [1.29, 1.82) is 0 Å². The number of likely N-dealkylation sites (tertiary alicyclic amines) is 1. The summed E-state index contributed by atoms with van der Waals surface area (Å²) in [6.45, 7) is 4.81. The van der Waals surface area contributed by atoms with Gasteiger partial charge in [-0.25, -0.2) is 0 Å². The van der Waals surface area contributed by atoms with Gasteiger partial charge in [-0.2, -0.15) is 0 Å². The smallest absolute Gasteiger partial charge is 0.254 e. The maximum atomic E-state index is 12.5. The van der Waals surface area contributed by atoms with Gasteiger partial charge in [-0.05, 0) is 43.9 Å². The first-order valence-corrected chi connectivity index (χ1v) is 6.79. The molecule has 0 bridgehead atoms. The molecule has 3 nitrogen and oxygen atoms in total. The summed E-state index contributed by atoms with van der Waals surface area (Å²) >= 11 is 0. The van der Waals surface area contributed by atoms with E-state index in [2.05, 4.69) is 18.7 Å². The van der Waals surface area contributed by atoms with Gasteiger partial charge in [0.25, 0.3) is 5.91 Å². The van der Waals surface area contributed by atoms with E-state index >= 15 is 0 Å². The zero-order valence-electron chi connectivity index (χ0n) is 11.2. The molecule has 0 saturated carbocycles. The van der Waals surface area contributed by atoms with Crippen LogP contribution in [0.4, 0.5) is 0 Å². The zero-order chi connectivity index (χ0) is 13.1. The first kappa shape index (κ1) is 13.1. The first-order valence-electron chi connectivity index (χ1n) is 6.79. The van der Waals surface area contributed by atoms with Gasteiger partial charge >= 0.3 is 0 Å². The fourth-order valence-electron chi connectivity index (χ4n) is 2.77. The van der Waals surface area contributed by atoms with Gasteiger partial charge in [0.1, 0.15) is 0 Å².